The minimum Gasteiger partial charge on any atom is -0.354 e. The molecule has 0 amide bonds. The van der Waals surface area contributed by atoms with Gasteiger partial charge in [0.1, 0.15) is 5.15 Å². The molecule has 0 bridgehead atoms. The number of hydrogen-bond donors (Lipinski definition) is 1. The monoisotopic (exact) mass is 261 g/mol. The van der Waals surface area contributed by atoms with Crippen LogP contribution in [0.25, 0.3) is 11.3 Å². The molecule has 2 rings (SSSR count). The highest BCUT2D eigenvalue weighted by molar-refractivity contribution is 6.29. The summed E-state index contributed by atoms with van der Waals surface area (Å²) < 4.78 is 0. The average Bonchev–Trinajstić information content (AvgIpc) is 2.39. The van der Waals surface area contributed by atoms with Gasteiger partial charge < -0.3 is 5.32 Å². The number of nitrogens with one attached hydrogen (secondary N) is 1. The van der Waals surface area contributed by atoms with E-state index in [1.165, 1.54) is 0 Å². The molecule has 2 aromatic rings. The molecule has 18 heavy (non-hydrogen) atoms. The van der Waals surface area contributed by atoms with Gasteiger partial charge in [-0.05, 0) is 6.42 Å². The highest BCUT2D eigenvalue weighted by Gasteiger charge is 2.04. The smallest absolute Gasteiger partial charge is 0.224 e. The molecule has 0 fully saturated rings. The molecular weight excluding hydrogens is 246 g/mol. The van der Waals surface area contributed by atoms with E-state index in [1.807, 2.05) is 30.3 Å². The van der Waals surface area contributed by atoms with Crippen LogP contribution in [0.1, 0.15) is 19.8 Å². The maximum absolute atomic E-state index is 6.02. The second-order valence-electron chi connectivity index (χ2n) is 4.05. The Morgan fingerprint density at radius 2 is 1.94 bits per heavy atom. The van der Waals surface area contributed by atoms with Gasteiger partial charge in [0.05, 0.1) is 5.69 Å². The lowest BCUT2D eigenvalue weighted by Gasteiger charge is -2.07. The lowest BCUT2D eigenvalue weighted by Crippen LogP contribution is -2.05. The number of rotatable bonds is 5. The van der Waals surface area contributed by atoms with Crippen molar-refractivity contribution in [1.82, 2.24) is 9.97 Å². The second-order valence-corrected chi connectivity index (χ2v) is 4.43. The molecule has 0 aliphatic heterocycles. The summed E-state index contributed by atoms with van der Waals surface area (Å²) in [5, 5.41) is 3.65. The average molecular weight is 262 g/mol. The Balaban J connectivity index is 2.21. The van der Waals surface area contributed by atoms with Crippen LogP contribution in [0, 0.1) is 0 Å². The Morgan fingerprint density at radius 3 is 2.67 bits per heavy atom. The van der Waals surface area contributed by atoms with Crippen LogP contribution in [0.5, 0.6) is 0 Å². The van der Waals surface area contributed by atoms with Crippen LogP contribution < -0.4 is 5.32 Å². The van der Waals surface area contributed by atoms with Crippen LogP contribution in [-0.4, -0.2) is 16.5 Å². The van der Waals surface area contributed by atoms with Gasteiger partial charge in [-0.15, -0.1) is 0 Å². The molecule has 1 N–H and O–H groups in total. The van der Waals surface area contributed by atoms with Crippen LogP contribution >= 0.6 is 11.6 Å². The summed E-state index contributed by atoms with van der Waals surface area (Å²) in [5.74, 6) is 0.592. The lowest BCUT2D eigenvalue weighted by molar-refractivity contribution is 0.826. The van der Waals surface area contributed by atoms with Gasteiger partial charge in [-0.2, -0.15) is 0 Å². The van der Waals surface area contributed by atoms with Crippen molar-refractivity contribution < 1.29 is 0 Å². The number of anilines is 1. The van der Waals surface area contributed by atoms with E-state index in [9.17, 15) is 0 Å². The minimum absolute atomic E-state index is 0.461. The van der Waals surface area contributed by atoms with Crippen LogP contribution in [0.15, 0.2) is 36.4 Å². The Morgan fingerprint density at radius 1 is 1.17 bits per heavy atom. The fraction of sp³-hybridized carbons (Fsp3) is 0.286. The molecule has 0 spiro atoms. The van der Waals surface area contributed by atoms with Crippen molar-refractivity contribution in [2.45, 2.75) is 19.8 Å². The van der Waals surface area contributed by atoms with E-state index >= 15 is 0 Å². The summed E-state index contributed by atoms with van der Waals surface area (Å²) in [5.41, 5.74) is 1.88. The minimum atomic E-state index is 0.461. The van der Waals surface area contributed by atoms with E-state index in [0.717, 1.165) is 30.6 Å². The van der Waals surface area contributed by atoms with Gasteiger partial charge in [-0.25, -0.2) is 9.97 Å². The van der Waals surface area contributed by atoms with Crippen LogP contribution in [-0.2, 0) is 0 Å². The normalized spacial score (nSPS) is 10.3. The van der Waals surface area contributed by atoms with Crippen molar-refractivity contribution in [3.05, 3.63) is 41.6 Å². The molecule has 0 saturated carbocycles. The van der Waals surface area contributed by atoms with Gasteiger partial charge in [0.15, 0.2) is 0 Å². The summed E-state index contributed by atoms with van der Waals surface area (Å²) in [6.07, 6.45) is 2.23. The van der Waals surface area contributed by atoms with E-state index in [-0.39, 0.29) is 0 Å². The topological polar surface area (TPSA) is 37.8 Å². The molecule has 0 radical (unpaired) electrons. The summed E-state index contributed by atoms with van der Waals surface area (Å²) in [7, 11) is 0. The SMILES string of the molecule is CCCCNc1nc(Cl)cc(-c2ccccc2)n1. The van der Waals surface area contributed by atoms with E-state index in [0.29, 0.717) is 11.1 Å². The first-order chi connectivity index (χ1) is 8.79. The molecule has 1 aromatic carbocycles. The quantitative estimate of drug-likeness (QED) is 0.653. The van der Waals surface area contributed by atoms with Gasteiger partial charge >= 0.3 is 0 Å². The van der Waals surface area contributed by atoms with Gasteiger partial charge in [0, 0.05) is 18.2 Å². The maximum Gasteiger partial charge on any atom is 0.224 e. The second kappa shape index (κ2) is 6.36. The van der Waals surface area contributed by atoms with E-state index in [2.05, 4.69) is 22.2 Å². The Bertz CT molecular complexity index is 500. The Labute approximate surface area is 112 Å². The summed E-state index contributed by atoms with van der Waals surface area (Å²) >= 11 is 6.02. The molecule has 0 atom stereocenters. The largest absolute Gasteiger partial charge is 0.354 e. The molecule has 0 unspecified atom stereocenters. The summed E-state index contributed by atoms with van der Waals surface area (Å²) in [6, 6.07) is 11.7. The first-order valence-corrected chi connectivity index (χ1v) is 6.51. The van der Waals surface area contributed by atoms with Crippen molar-refractivity contribution in [3.8, 4) is 11.3 Å². The van der Waals surface area contributed by atoms with Crippen molar-refractivity contribution >= 4 is 17.5 Å². The van der Waals surface area contributed by atoms with Crippen molar-refractivity contribution in [3.63, 3.8) is 0 Å². The first-order valence-electron chi connectivity index (χ1n) is 6.13. The van der Waals surface area contributed by atoms with Gasteiger partial charge in [-0.3, -0.25) is 0 Å². The third-order valence-electron chi connectivity index (χ3n) is 2.58. The predicted molar refractivity (Wildman–Crippen MR) is 75.9 cm³/mol. The molecule has 0 aliphatic rings. The maximum atomic E-state index is 6.02. The highest BCUT2D eigenvalue weighted by atomic mass is 35.5. The highest BCUT2D eigenvalue weighted by Crippen LogP contribution is 2.21. The van der Waals surface area contributed by atoms with Gasteiger partial charge in [0.2, 0.25) is 5.95 Å². The van der Waals surface area contributed by atoms with Crippen LogP contribution in [0.4, 0.5) is 5.95 Å². The van der Waals surface area contributed by atoms with E-state index < -0.39 is 0 Å². The lowest BCUT2D eigenvalue weighted by atomic mass is 10.1. The van der Waals surface area contributed by atoms with Crippen molar-refractivity contribution in [2.75, 3.05) is 11.9 Å². The Hall–Kier alpha value is -1.61. The molecule has 94 valence electrons. The third-order valence-corrected chi connectivity index (χ3v) is 2.77. The molecule has 0 aliphatic carbocycles. The Kier molecular flexibility index (Phi) is 4.53. The van der Waals surface area contributed by atoms with Gasteiger partial charge in [0.25, 0.3) is 0 Å². The molecule has 0 saturated heterocycles. The molecule has 3 nitrogen and oxygen atoms in total. The first kappa shape index (κ1) is 12.8. The summed E-state index contributed by atoms with van der Waals surface area (Å²) in [4.78, 5) is 8.64. The van der Waals surface area contributed by atoms with Crippen LogP contribution in [0.2, 0.25) is 5.15 Å². The fourth-order valence-electron chi connectivity index (χ4n) is 1.63. The van der Waals surface area contributed by atoms with Crippen molar-refractivity contribution in [1.29, 1.82) is 0 Å². The van der Waals surface area contributed by atoms with E-state index in [4.69, 9.17) is 11.6 Å². The standard InChI is InChI=1S/C14H16ClN3/c1-2-3-9-16-14-17-12(10-13(15)18-14)11-7-5-4-6-8-11/h4-8,10H,2-3,9H2,1H3,(H,16,17,18). The number of halogens is 1. The van der Waals surface area contributed by atoms with Crippen molar-refractivity contribution in [2.24, 2.45) is 0 Å². The third kappa shape index (κ3) is 3.44. The number of hydrogen-bond acceptors (Lipinski definition) is 3. The molecular formula is C14H16ClN3. The number of nitrogens with zero attached hydrogens (tertiary/aromatic N) is 2. The summed E-state index contributed by atoms with van der Waals surface area (Å²) in [6.45, 7) is 3.01. The fourth-order valence-corrected chi connectivity index (χ4v) is 1.81. The molecule has 1 aromatic heterocycles. The number of aromatic nitrogens is 2. The van der Waals surface area contributed by atoms with Gasteiger partial charge in [-0.1, -0.05) is 55.3 Å². The molecule has 4 heteroatoms. The zero-order valence-corrected chi connectivity index (χ0v) is 11.1. The zero-order valence-electron chi connectivity index (χ0n) is 10.4. The van der Waals surface area contributed by atoms with Crippen LogP contribution in [0.3, 0.4) is 0 Å². The van der Waals surface area contributed by atoms with E-state index in [1.54, 1.807) is 6.07 Å². The molecule has 1 heterocycles. The predicted octanol–water partition coefficient (Wildman–Crippen LogP) is 4.01. The number of benzene rings is 1. The number of unbranched alkanes of at least 4 members (excludes halogenated alkanes) is 1. The zero-order chi connectivity index (χ0) is 12.8.